The molecule has 1 aliphatic rings. The van der Waals surface area contributed by atoms with Crippen LogP contribution in [0.1, 0.15) is 27.2 Å². The van der Waals surface area contributed by atoms with Crippen LogP contribution in [-0.4, -0.2) is 28.8 Å². The Morgan fingerprint density at radius 3 is 2.91 bits per heavy atom. The normalized spacial score (nSPS) is 14.3. The van der Waals surface area contributed by atoms with Crippen molar-refractivity contribution in [2.75, 3.05) is 13.2 Å². The van der Waals surface area contributed by atoms with Gasteiger partial charge in [0.15, 0.2) is 0 Å². The first-order chi connectivity index (χ1) is 11.0. The predicted molar refractivity (Wildman–Crippen MR) is 86.1 cm³/mol. The van der Waals surface area contributed by atoms with E-state index in [0.29, 0.717) is 29.4 Å². The van der Waals surface area contributed by atoms with Crippen LogP contribution in [0.5, 0.6) is 5.75 Å². The van der Waals surface area contributed by atoms with Crippen LogP contribution in [0.2, 0.25) is 5.15 Å². The van der Waals surface area contributed by atoms with Gasteiger partial charge in [0, 0.05) is 24.2 Å². The molecule has 0 saturated carbocycles. The van der Waals surface area contributed by atoms with E-state index in [1.165, 1.54) is 12.1 Å². The molecule has 2 aromatic rings. The zero-order valence-electron chi connectivity index (χ0n) is 12.7. The van der Waals surface area contributed by atoms with E-state index < -0.39 is 5.82 Å². The fourth-order valence-electron chi connectivity index (χ4n) is 2.43. The molecule has 1 aromatic heterocycles. The zero-order chi connectivity index (χ0) is 16.6. The van der Waals surface area contributed by atoms with Gasteiger partial charge in [0.25, 0.3) is 5.91 Å². The summed E-state index contributed by atoms with van der Waals surface area (Å²) in [5, 5.41) is 7.36. The van der Waals surface area contributed by atoms with Crippen LogP contribution in [-0.2, 0) is 7.05 Å². The first-order valence-electron chi connectivity index (χ1n) is 7.09. The van der Waals surface area contributed by atoms with Crippen molar-refractivity contribution in [2.45, 2.75) is 6.92 Å². The van der Waals surface area contributed by atoms with Crippen LogP contribution in [0.4, 0.5) is 4.39 Å². The Morgan fingerprint density at radius 1 is 1.43 bits per heavy atom. The Hall–Kier alpha value is -2.34. The van der Waals surface area contributed by atoms with Gasteiger partial charge in [-0.2, -0.15) is 5.10 Å². The number of nitrogens with zero attached hydrogens (tertiary/aromatic N) is 2. The maximum Gasteiger partial charge on any atom is 0.255 e. The maximum absolute atomic E-state index is 14.2. The highest BCUT2D eigenvalue weighted by molar-refractivity contribution is 6.31. The van der Waals surface area contributed by atoms with Gasteiger partial charge < -0.3 is 10.1 Å². The lowest BCUT2D eigenvalue weighted by Crippen LogP contribution is -2.24. The monoisotopic (exact) mass is 335 g/mol. The molecule has 7 heteroatoms. The van der Waals surface area contributed by atoms with Gasteiger partial charge >= 0.3 is 0 Å². The third kappa shape index (κ3) is 2.94. The lowest BCUT2D eigenvalue weighted by Gasteiger charge is -2.07. The largest absolute Gasteiger partial charge is 0.491 e. The lowest BCUT2D eigenvalue weighted by molar-refractivity contribution is 0.0957. The van der Waals surface area contributed by atoms with Gasteiger partial charge in [-0.1, -0.05) is 17.7 Å². The van der Waals surface area contributed by atoms with Crippen LogP contribution in [0.3, 0.4) is 0 Å². The number of amides is 1. The molecule has 0 saturated heterocycles. The molecule has 0 atom stereocenters. The number of hydrogen-bond donors (Lipinski definition) is 1. The molecule has 1 aromatic carbocycles. The minimum absolute atomic E-state index is 0.255. The smallest absolute Gasteiger partial charge is 0.255 e. The molecule has 3 rings (SSSR count). The highest BCUT2D eigenvalue weighted by Gasteiger charge is 2.19. The Bertz CT molecular complexity index is 814. The zero-order valence-corrected chi connectivity index (χ0v) is 13.4. The van der Waals surface area contributed by atoms with Crippen molar-refractivity contribution < 1.29 is 13.9 Å². The molecule has 23 heavy (non-hydrogen) atoms. The molecule has 0 unspecified atom stereocenters. The van der Waals surface area contributed by atoms with E-state index in [-0.39, 0.29) is 17.2 Å². The Kier molecular flexibility index (Phi) is 4.09. The highest BCUT2D eigenvalue weighted by Crippen LogP contribution is 2.27. The van der Waals surface area contributed by atoms with Crippen molar-refractivity contribution in [2.24, 2.45) is 7.05 Å². The molecule has 120 valence electrons. The van der Waals surface area contributed by atoms with Gasteiger partial charge in [-0.05, 0) is 19.1 Å². The summed E-state index contributed by atoms with van der Waals surface area (Å²) in [5.74, 6) is -0.486. The van der Waals surface area contributed by atoms with Crippen LogP contribution in [0, 0.1) is 12.7 Å². The summed E-state index contributed by atoms with van der Waals surface area (Å²) in [6, 6.07) is 2.71. The number of carbonyl (C=O) groups excluding carboxylic acids is 1. The summed E-state index contributed by atoms with van der Waals surface area (Å²) >= 11 is 6.15. The van der Waals surface area contributed by atoms with Crippen molar-refractivity contribution in [3.63, 3.8) is 0 Å². The fourth-order valence-corrected chi connectivity index (χ4v) is 2.66. The number of nitrogens with one attached hydrogen (secondary N) is 1. The standard InChI is InChI=1S/C16H15ClFN3O2/c1-9-11(15(17)21(2)20-9)4-3-10-7-12-14(8-13(10)18)23-6-5-19-16(12)22/h3-4,7-8H,5-6H2,1-2H3,(H,19,22)/b4-3+. The lowest BCUT2D eigenvalue weighted by atomic mass is 10.1. The first kappa shape index (κ1) is 15.6. The molecule has 1 N–H and O–H groups in total. The minimum Gasteiger partial charge on any atom is -0.491 e. The second kappa shape index (κ2) is 6.04. The Balaban J connectivity index is 2.00. The number of fused-ring (bicyclic) bond motifs is 1. The van der Waals surface area contributed by atoms with Crippen LogP contribution >= 0.6 is 11.6 Å². The molecule has 5 nitrogen and oxygen atoms in total. The summed E-state index contributed by atoms with van der Waals surface area (Å²) in [6.45, 7) is 2.53. The highest BCUT2D eigenvalue weighted by atomic mass is 35.5. The first-order valence-corrected chi connectivity index (χ1v) is 7.47. The van der Waals surface area contributed by atoms with Crippen molar-refractivity contribution in [1.29, 1.82) is 0 Å². The van der Waals surface area contributed by atoms with Crippen LogP contribution < -0.4 is 10.1 Å². The average Bonchev–Trinajstić information content (AvgIpc) is 2.65. The number of carbonyl (C=O) groups is 1. The van der Waals surface area contributed by atoms with E-state index in [4.69, 9.17) is 16.3 Å². The van der Waals surface area contributed by atoms with Crippen molar-refractivity contribution in [3.05, 3.63) is 45.5 Å². The molecule has 2 heterocycles. The molecule has 1 aliphatic heterocycles. The van der Waals surface area contributed by atoms with E-state index in [0.717, 1.165) is 5.69 Å². The van der Waals surface area contributed by atoms with E-state index in [2.05, 4.69) is 10.4 Å². The Morgan fingerprint density at radius 2 is 2.22 bits per heavy atom. The number of hydrogen-bond acceptors (Lipinski definition) is 3. The summed E-state index contributed by atoms with van der Waals surface area (Å²) in [5.41, 5.74) is 2.05. The number of rotatable bonds is 2. The van der Waals surface area contributed by atoms with Gasteiger partial charge in [-0.25, -0.2) is 4.39 Å². The second-order valence-electron chi connectivity index (χ2n) is 5.22. The molecule has 0 bridgehead atoms. The number of halogens is 2. The third-order valence-corrected chi connectivity index (χ3v) is 4.06. The Labute approximate surface area is 137 Å². The van der Waals surface area contributed by atoms with Gasteiger partial charge in [0.05, 0.1) is 17.8 Å². The minimum atomic E-state index is -0.465. The summed E-state index contributed by atoms with van der Waals surface area (Å²) in [6.07, 6.45) is 3.26. The molecular weight excluding hydrogens is 321 g/mol. The fraction of sp³-hybridized carbons (Fsp3) is 0.250. The predicted octanol–water partition coefficient (Wildman–Crippen LogP) is 2.81. The second-order valence-corrected chi connectivity index (χ2v) is 5.58. The van der Waals surface area contributed by atoms with Crippen molar-refractivity contribution in [1.82, 2.24) is 15.1 Å². The van der Waals surface area contributed by atoms with Gasteiger partial charge in [-0.15, -0.1) is 0 Å². The SMILES string of the molecule is Cc1nn(C)c(Cl)c1/C=C/c1cc2c(cc1F)OCCNC2=O. The molecular formula is C16H15ClFN3O2. The van der Waals surface area contributed by atoms with E-state index in [1.54, 1.807) is 23.9 Å². The maximum atomic E-state index is 14.2. The molecule has 0 aliphatic carbocycles. The van der Waals surface area contributed by atoms with E-state index in [9.17, 15) is 9.18 Å². The van der Waals surface area contributed by atoms with Gasteiger partial charge in [0.1, 0.15) is 23.3 Å². The number of ether oxygens (including phenoxy) is 1. The molecule has 0 fully saturated rings. The van der Waals surface area contributed by atoms with Crippen LogP contribution in [0.25, 0.3) is 12.2 Å². The summed E-state index contributed by atoms with van der Waals surface area (Å²) < 4.78 is 21.2. The topological polar surface area (TPSA) is 56.1 Å². The summed E-state index contributed by atoms with van der Waals surface area (Å²) in [7, 11) is 1.73. The van der Waals surface area contributed by atoms with Crippen molar-refractivity contribution in [3.8, 4) is 5.75 Å². The number of benzene rings is 1. The van der Waals surface area contributed by atoms with Crippen molar-refractivity contribution >= 4 is 29.7 Å². The molecule has 0 spiro atoms. The van der Waals surface area contributed by atoms with E-state index in [1.807, 2.05) is 6.92 Å². The molecule has 1 amide bonds. The average molecular weight is 336 g/mol. The van der Waals surface area contributed by atoms with Gasteiger partial charge in [-0.3, -0.25) is 9.48 Å². The third-order valence-electron chi connectivity index (χ3n) is 3.61. The van der Waals surface area contributed by atoms with E-state index >= 15 is 0 Å². The van der Waals surface area contributed by atoms with Gasteiger partial charge in [0.2, 0.25) is 0 Å². The summed E-state index contributed by atoms with van der Waals surface area (Å²) in [4.78, 5) is 12.0. The number of aryl methyl sites for hydroxylation is 2. The molecule has 0 radical (unpaired) electrons. The number of aromatic nitrogens is 2. The quantitative estimate of drug-likeness (QED) is 0.918. The van der Waals surface area contributed by atoms with Crippen LogP contribution in [0.15, 0.2) is 12.1 Å².